The minimum atomic E-state index is -1.18. The summed E-state index contributed by atoms with van der Waals surface area (Å²) in [6, 6.07) is -0.892. The Morgan fingerprint density at radius 3 is 2.65 bits per heavy atom. The van der Waals surface area contributed by atoms with Crippen molar-refractivity contribution in [2.75, 3.05) is 6.54 Å². The third-order valence-corrected chi connectivity index (χ3v) is 2.40. The summed E-state index contributed by atoms with van der Waals surface area (Å²) in [6.07, 6.45) is 1.10. The Labute approximate surface area is 113 Å². The quantitative estimate of drug-likeness (QED) is 0.438. The van der Waals surface area contributed by atoms with Crippen LogP contribution in [-0.2, 0) is 16.1 Å². The second kappa shape index (κ2) is 7.19. The van der Waals surface area contributed by atoms with E-state index in [9.17, 15) is 14.4 Å². The molecule has 0 saturated carbocycles. The fourth-order valence-corrected chi connectivity index (χ4v) is 1.34. The lowest BCUT2D eigenvalue weighted by atomic mass is 10.1. The number of aromatic carboxylic acids is 1. The normalized spacial score (nSPS) is 11.8. The van der Waals surface area contributed by atoms with Crippen molar-refractivity contribution in [2.24, 2.45) is 5.73 Å². The maximum absolute atomic E-state index is 11.5. The first-order valence-electron chi connectivity index (χ1n) is 5.78. The first-order valence-corrected chi connectivity index (χ1v) is 5.78. The average Bonchev–Trinajstić information content (AvgIpc) is 2.84. The van der Waals surface area contributed by atoms with Crippen LogP contribution in [0.4, 0.5) is 0 Å². The van der Waals surface area contributed by atoms with Crippen LogP contribution in [0, 0.1) is 0 Å². The Kier molecular flexibility index (Phi) is 5.59. The average molecular weight is 285 g/mol. The smallest absolute Gasteiger partial charge is 0.358 e. The lowest BCUT2D eigenvalue weighted by Gasteiger charge is -2.10. The molecular formula is C10H15N5O5. The van der Waals surface area contributed by atoms with Crippen molar-refractivity contribution in [3.8, 4) is 0 Å². The van der Waals surface area contributed by atoms with Crippen LogP contribution in [0.5, 0.6) is 0 Å². The summed E-state index contributed by atoms with van der Waals surface area (Å²) in [5, 5.41) is 26.6. The van der Waals surface area contributed by atoms with Gasteiger partial charge in [0.05, 0.1) is 18.8 Å². The van der Waals surface area contributed by atoms with Crippen molar-refractivity contribution < 1.29 is 24.6 Å². The summed E-state index contributed by atoms with van der Waals surface area (Å²) in [5.74, 6) is -2.67. The molecule has 0 fully saturated rings. The van der Waals surface area contributed by atoms with Crippen LogP contribution in [0.15, 0.2) is 6.20 Å². The largest absolute Gasteiger partial charge is 0.481 e. The number of carbonyl (C=O) groups is 3. The van der Waals surface area contributed by atoms with E-state index in [0.29, 0.717) is 0 Å². The van der Waals surface area contributed by atoms with Crippen LogP contribution in [0.25, 0.3) is 0 Å². The van der Waals surface area contributed by atoms with E-state index in [2.05, 4.69) is 15.6 Å². The Bertz CT molecular complexity index is 500. The molecule has 0 saturated heterocycles. The number of amides is 1. The molecule has 1 atom stereocenters. The molecule has 0 aliphatic carbocycles. The van der Waals surface area contributed by atoms with Gasteiger partial charge in [-0.2, -0.15) is 0 Å². The minimum absolute atomic E-state index is 0.0493. The van der Waals surface area contributed by atoms with Gasteiger partial charge in [0, 0.05) is 13.0 Å². The van der Waals surface area contributed by atoms with Crippen molar-refractivity contribution in [2.45, 2.75) is 25.4 Å². The molecular weight excluding hydrogens is 270 g/mol. The van der Waals surface area contributed by atoms with Gasteiger partial charge in [0.15, 0.2) is 5.69 Å². The number of nitrogens with one attached hydrogen (secondary N) is 1. The highest BCUT2D eigenvalue weighted by Gasteiger charge is 2.14. The van der Waals surface area contributed by atoms with Crippen molar-refractivity contribution in [3.63, 3.8) is 0 Å². The summed E-state index contributed by atoms with van der Waals surface area (Å²) in [4.78, 5) is 32.4. The van der Waals surface area contributed by atoms with Gasteiger partial charge < -0.3 is 21.3 Å². The molecule has 1 aromatic heterocycles. The first-order chi connectivity index (χ1) is 9.40. The van der Waals surface area contributed by atoms with Gasteiger partial charge in [-0.05, 0) is 6.42 Å². The van der Waals surface area contributed by atoms with E-state index in [1.165, 1.54) is 10.9 Å². The summed E-state index contributed by atoms with van der Waals surface area (Å²) < 4.78 is 1.27. The number of rotatable bonds is 8. The van der Waals surface area contributed by atoms with E-state index in [4.69, 9.17) is 15.9 Å². The molecule has 0 radical (unpaired) electrons. The topological polar surface area (TPSA) is 160 Å². The van der Waals surface area contributed by atoms with Crippen LogP contribution in [0.1, 0.15) is 23.3 Å². The van der Waals surface area contributed by atoms with Gasteiger partial charge in [-0.25, -0.2) is 9.48 Å². The molecule has 1 amide bonds. The van der Waals surface area contributed by atoms with E-state index in [1.54, 1.807) is 0 Å². The molecule has 1 aromatic rings. The van der Waals surface area contributed by atoms with E-state index < -0.39 is 23.9 Å². The maximum Gasteiger partial charge on any atom is 0.358 e. The molecule has 10 nitrogen and oxygen atoms in total. The van der Waals surface area contributed by atoms with E-state index in [0.717, 1.165) is 0 Å². The third-order valence-electron chi connectivity index (χ3n) is 2.40. The number of carboxylic acids is 2. The number of carboxylic acid groups (broad SMARTS) is 2. The van der Waals surface area contributed by atoms with Gasteiger partial charge in [-0.3, -0.25) is 9.59 Å². The standard InChI is InChI=1S/C10H15N5O5/c11-6(1-2-8(16)17)9(18)12-3-4-15-5-7(10(19)20)13-14-15/h5-6H,1-4,11H2,(H,12,18)(H,16,17)(H,19,20). The van der Waals surface area contributed by atoms with Crippen LogP contribution in [-0.4, -0.2) is 55.6 Å². The zero-order valence-electron chi connectivity index (χ0n) is 10.5. The SMILES string of the molecule is NC(CCC(=O)O)C(=O)NCCn1cc(C(=O)O)nn1. The fraction of sp³-hybridized carbons (Fsp3) is 0.500. The van der Waals surface area contributed by atoms with Crippen LogP contribution < -0.4 is 11.1 Å². The summed E-state index contributed by atoms with van der Waals surface area (Å²) >= 11 is 0. The molecule has 10 heteroatoms. The van der Waals surface area contributed by atoms with Gasteiger partial charge in [0.2, 0.25) is 5.91 Å². The van der Waals surface area contributed by atoms with E-state index in [1.807, 2.05) is 0 Å². The number of aromatic nitrogens is 3. The lowest BCUT2D eigenvalue weighted by molar-refractivity contribution is -0.137. The first kappa shape index (κ1) is 15.6. The van der Waals surface area contributed by atoms with Gasteiger partial charge in [-0.15, -0.1) is 5.10 Å². The second-order valence-electron chi connectivity index (χ2n) is 4.00. The molecule has 1 rings (SSSR count). The highest BCUT2D eigenvalue weighted by atomic mass is 16.4. The number of nitrogens with zero attached hydrogens (tertiary/aromatic N) is 3. The van der Waals surface area contributed by atoms with Gasteiger partial charge >= 0.3 is 11.9 Å². The number of carbonyl (C=O) groups excluding carboxylic acids is 1. The van der Waals surface area contributed by atoms with Crippen LogP contribution in [0.2, 0.25) is 0 Å². The molecule has 0 spiro atoms. The molecule has 110 valence electrons. The summed E-state index contributed by atoms with van der Waals surface area (Å²) in [6.45, 7) is 0.416. The summed E-state index contributed by atoms with van der Waals surface area (Å²) in [5.41, 5.74) is 5.32. The molecule has 0 aliphatic heterocycles. The van der Waals surface area contributed by atoms with Crippen molar-refractivity contribution in [1.82, 2.24) is 20.3 Å². The molecule has 0 bridgehead atoms. The predicted molar refractivity (Wildman–Crippen MR) is 64.8 cm³/mol. The Morgan fingerprint density at radius 2 is 2.10 bits per heavy atom. The van der Waals surface area contributed by atoms with Gasteiger partial charge in [0.25, 0.3) is 0 Å². The van der Waals surface area contributed by atoms with Gasteiger partial charge in [0.1, 0.15) is 0 Å². The minimum Gasteiger partial charge on any atom is -0.481 e. The maximum atomic E-state index is 11.5. The molecule has 0 aliphatic rings. The molecule has 20 heavy (non-hydrogen) atoms. The molecule has 5 N–H and O–H groups in total. The van der Waals surface area contributed by atoms with Crippen molar-refractivity contribution in [3.05, 3.63) is 11.9 Å². The molecule has 0 aromatic carbocycles. The second-order valence-corrected chi connectivity index (χ2v) is 4.00. The van der Waals surface area contributed by atoms with Crippen LogP contribution >= 0.6 is 0 Å². The summed E-state index contributed by atoms with van der Waals surface area (Å²) in [7, 11) is 0. The number of hydrogen-bond acceptors (Lipinski definition) is 6. The zero-order valence-corrected chi connectivity index (χ0v) is 10.5. The van der Waals surface area contributed by atoms with Crippen molar-refractivity contribution in [1.29, 1.82) is 0 Å². The zero-order chi connectivity index (χ0) is 15.1. The van der Waals surface area contributed by atoms with E-state index >= 15 is 0 Å². The molecule has 1 unspecified atom stereocenters. The van der Waals surface area contributed by atoms with E-state index in [-0.39, 0.29) is 31.6 Å². The Hall–Kier alpha value is -2.49. The fourth-order valence-electron chi connectivity index (χ4n) is 1.34. The lowest BCUT2D eigenvalue weighted by Crippen LogP contribution is -2.42. The Morgan fingerprint density at radius 1 is 1.40 bits per heavy atom. The Balaban J connectivity index is 2.30. The number of nitrogens with two attached hydrogens (primary N) is 1. The number of aliphatic carboxylic acids is 1. The predicted octanol–water partition coefficient (Wildman–Crippen LogP) is -1.72. The number of hydrogen-bond donors (Lipinski definition) is 4. The van der Waals surface area contributed by atoms with Crippen molar-refractivity contribution >= 4 is 17.8 Å². The highest BCUT2D eigenvalue weighted by Crippen LogP contribution is 1.95. The highest BCUT2D eigenvalue weighted by molar-refractivity contribution is 5.84. The monoisotopic (exact) mass is 285 g/mol. The third kappa shape index (κ3) is 5.02. The van der Waals surface area contributed by atoms with Gasteiger partial charge in [-0.1, -0.05) is 5.21 Å². The molecule has 1 heterocycles. The van der Waals surface area contributed by atoms with Crippen LogP contribution in [0.3, 0.4) is 0 Å².